The molecular formula is C13H24N4. The van der Waals surface area contributed by atoms with Gasteiger partial charge in [0.05, 0.1) is 0 Å². The predicted octanol–water partition coefficient (Wildman–Crippen LogP) is 2.18. The summed E-state index contributed by atoms with van der Waals surface area (Å²) in [4.78, 5) is 4.39. The van der Waals surface area contributed by atoms with Gasteiger partial charge >= 0.3 is 0 Å². The lowest BCUT2D eigenvalue weighted by molar-refractivity contribution is 0.422. The van der Waals surface area contributed by atoms with E-state index in [0.717, 1.165) is 24.8 Å². The Kier molecular flexibility index (Phi) is 4.15. The molecule has 1 fully saturated rings. The molecule has 0 bridgehead atoms. The molecule has 1 unspecified atom stereocenters. The lowest BCUT2D eigenvalue weighted by Gasteiger charge is -2.16. The molecular weight excluding hydrogens is 212 g/mol. The van der Waals surface area contributed by atoms with Gasteiger partial charge in [0.15, 0.2) is 0 Å². The first-order valence-corrected chi connectivity index (χ1v) is 6.82. The molecule has 0 aromatic carbocycles. The van der Waals surface area contributed by atoms with Crippen LogP contribution < -0.4 is 5.32 Å². The molecule has 4 heteroatoms. The van der Waals surface area contributed by atoms with Crippen molar-refractivity contribution in [1.29, 1.82) is 0 Å². The zero-order chi connectivity index (χ0) is 12.3. The lowest BCUT2D eigenvalue weighted by atomic mass is 10.0. The quantitative estimate of drug-likeness (QED) is 0.789. The van der Waals surface area contributed by atoms with Gasteiger partial charge < -0.3 is 5.32 Å². The van der Waals surface area contributed by atoms with Crippen molar-refractivity contribution >= 4 is 0 Å². The number of hydrogen-bond acceptors (Lipinski definition) is 3. The average molecular weight is 236 g/mol. The van der Waals surface area contributed by atoms with Gasteiger partial charge in [0, 0.05) is 18.5 Å². The van der Waals surface area contributed by atoms with Crippen LogP contribution in [-0.2, 0) is 6.42 Å². The molecule has 4 nitrogen and oxygen atoms in total. The molecule has 1 aliphatic carbocycles. The van der Waals surface area contributed by atoms with Crippen LogP contribution in [0, 0.1) is 5.92 Å². The first-order chi connectivity index (χ1) is 8.20. The van der Waals surface area contributed by atoms with Gasteiger partial charge in [-0.05, 0) is 39.2 Å². The van der Waals surface area contributed by atoms with E-state index in [-0.39, 0.29) is 0 Å². The fourth-order valence-electron chi connectivity index (χ4n) is 2.09. The SMILES string of the molecule is CCC(CNC1CC1)Cc1ncnn1C(C)C. The lowest BCUT2D eigenvalue weighted by Crippen LogP contribution is -2.26. The van der Waals surface area contributed by atoms with Gasteiger partial charge in [-0.15, -0.1) is 0 Å². The van der Waals surface area contributed by atoms with Crippen molar-refractivity contribution in [1.82, 2.24) is 20.1 Å². The highest BCUT2D eigenvalue weighted by Crippen LogP contribution is 2.20. The molecule has 17 heavy (non-hydrogen) atoms. The molecule has 0 radical (unpaired) electrons. The maximum Gasteiger partial charge on any atom is 0.138 e. The minimum absolute atomic E-state index is 0.404. The summed E-state index contributed by atoms with van der Waals surface area (Å²) in [7, 11) is 0. The third kappa shape index (κ3) is 3.53. The Balaban J connectivity index is 1.89. The fourth-order valence-corrected chi connectivity index (χ4v) is 2.09. The minimum atomic E-state index is 0.404. The molecule has 1 saturated carbocycles. The van der Waals surface area contributed by atoms with E-state index in [9.17, 15) is 0 Å². The Labute approximate surface area is 104 Å². The zero-order valence-electron chi connectivity index (χ0n) is 11.2. The van der Waals surface area contributed by atoms with Crippen LogP contribution >= 0.6 is 0 Å². The van der Waals surface area contributed by atoms with Crippen LogP contribution in [0.4, 0.5) is 0 Å². The van der Waals surface area contributed by atoms with E-state index < -0.39 is 0 Å². The predicted molar refractivity (Wildman–Crippen MR) is 68.9 cm³/mol. The van der Waals surface area contributed by atoms with Gasteiger partial charge in [-0.1, -0.05) is 13.3 Å². The normalized spacial score (nSPS) is 17.6. The number of nitrogens with zero attached hydrogens (tertiary/aromatic N) is 3. The molecule has 0 saturated heterocycles. The Hall–Kier alpha value is -0.900. The second kappa shape index (κ2) is 5.63. The molecule has 1 atom stereocenters. The monoisotopic (exact) mass is 236 g/mol. The van der Waals surface area contributed by atoms with Crippen molar-refractivity contribution in [2.75, 3.05) is 6.54 Å². The Morgan fingerprint density at radius 2 is 2.24 bits per heavy atom. The van der Waals surface area contributed by atoms with E-state index in [0.29, 0.717) is 12.0 Å². The molecule has 2 rings (SSSR count). The van der Waals surface area contributed by atoms with Crippen LogP contribution in [0.3, 0.4) is 0 Å². The number of nitrogens with one attached hydrogen (secondary N) is 1. The Morgan fingerprint density at radius 1 is 1.47 bits per heavy atom. The topological polar surface area (TPSA) is 42.7 Å². The molecule has 1 aromatic heterocycles. The maximum absolute atomic E-state index is 4.39. The van der Waals surface area contributed by atoms with Crippen LogP contribution in [-0.4, -0.2) is 27.4 Å². The van der Waals surface area contributed by atoms with E-state index >= 15 is 0 Å². The van der Waals surface area contributed by atoms with Gasteiger partial charge in [0.2, 0.25) is 0 Å². The molecule has 1 aromatic rings. The van der Waals surface area contributed by atoms with Crippen molar-refractivity contribution in [2.24, 2.45) is 5.92 Å². The van der Waals surface area contributed by atoms with Crippen LogP contribution in [0.25, 0.3) is 0 Å². The van der Waals surface area contributed by atoms with Crippen molar-refractivity contribution in [3.05, 3.63) is 12.2 Å². The summed E-state index contributed by atoms with van der Waals surface area (Å²) < 4.78 is 2.04. The standard InChI is InChI=1S/C13H24N4/c1-4-11(8-14-12-5-6-12)7-13-15-9-16-17(13)10(2)3/h9-12,14H,4-8H2,1-3H3. The first kappa shape index (κ1) is 12.6. The van der Waals surface area contributed by atoms with E-state index in [1.807, 2.05) is 4.68 Å². The van der Waals surface area contributed by atoms with E-state index in [1.54, 1.807) is 6.33 Å². The average Bonchev–Trinajstić information content (AvgIpc) is 3.01. The summed E-state index contributed by atoms with van der Waals surface area (Å²) in [5.74, 6) is 1.81. The molecule has 0 spiro atoms. The van der Waals surface area contributed by atoms with Crippen LogP contribution in [0.2, 0.25) is 0 Å². The number of rotatable bonds is 7. The van der Waals surface area contributed by atoms with Crippen molar-refractivity contribution in [3.8, 4) is 0 Å². The second-order valence-corrected chi connectivity index (χ2v) is 5.38. The molecule has 1 heterocycles. The Morgan fingerprint density at radius 3 is 2.82 bits per heavy atom. The Bertz CT molecular complexity index is 341. The minimum Gasteiger partial charge on any atom is -0.314 e. The molecule has 96 valence electrons. The van der Waals surface area contributed by atoms with Gasteiger partial charge in [0.25, 0.3) is 0 Å². The van der Waals surface area contributed by atoms with Gasteiger partial charge in [-0.25, -0.2) is 9.67 Å². The molecule has 1 N–H and O–H groups in total. The molecule has 0 amide bonds. The highest BCUT2D eigenvalue weighted by Gasteiger charge is 2.22. The maximum atomic E-state index is 4.39. The van der Waals surface area contributed by atoms with Crippen molar-refractivity contribution in [2.45, 2.75) is 58.5 Å². The summed E-state index contributed by atoms with van der Waals surface area (Å²) >= 11 is 0. The summed E-state index contributed by atoms with van der Waals surface area (Å²) in [5.41, 5.74) is 0. The van der Waals surface area contributed by atoms with Crippen molar-refractivity contribution in [3.63, 3.8) is 0 Å². The van der Waals surface area contributed by atoms with Gasteiger partial charge in [0.1, 0.15) is 12.2 Å². The van der Waals surface area contributed by atoms with Gasteiger partial charge in [-0.2, -0.15) is 5.10 Å². The van der Waals surface area contributed by atoms with E-state index in [1.165, 1.54) is 19.3 Å². The number of hydrogen-bond donors (Lipinski definition) is 1. The van der Waals surface area contributed by atoms with E-state index in [2.05, 4.69) is 36.2 Å². The van der Waals surface area contributed by atoms with Crippen LogP contribution in [0.15, 0.2) is 6.33 Å². The van der Waals surface area contributed by atoms with Crippen LogP contribution in [0.1, 0.15) is 51.9 Å². The highest BCUT2D eigenvalue weighted by atomic mass is 15.3. The summed E-state index contributed by atoms with van der Waals surface area (Å²) in [6.45, 7) is 7.69. The molecule has 1 aliphatic rings. The third-order valence-corrected chi connectivity index (χ3v) is 3.46. The largest absolute Gasteiger partial charge is 0.314 e. The van der Waals surface area contributed by atoms with Crippen molar-refractivity contribution < 1.29 is 0 Å². The summed E-state index contributed by atoms with van der Waals surface area (Å²) in [5, 5.41) is 7.91. The van der Waals surface area contributed by atoms with Gasteiger partial charge in [-0.3, -0.25) is 0 Å². The van der Waals surface area contributed by atoms with Crippen LogP contribution in [0.5, 0.6) is 0 Å². The smallest absolute Gasteiger partial charge is 0.138 e. The zero-order valence-corrected chi connectivity index (χ0v) is 11.2. The summed E-state index contributed by atoms with van der Waals surface area (Å²) in [6.07, 6.45) is 6.63. The summed E-state index contributed by atoms with van der Waals surface area (Å²) in [6, 6.07) is 1.20. The highest BCUT2D eigenvalue weighted by molar-refractivity contribution is 4.90. The first-order valence-electron chi connectivity index (χ1n) is 6.82. The second-order valence-electron chi connectivity index (χ2n) is 5.38. The molecule has 0 aliphatic heterocycles. The van der Waals surface area contributed by atoms with E-state index in [4.69, 9.17) is 0 Å². The number of aromatic nitrogens is 3. The fraction of sp³-hybridized carbons (Fsp3) is 0.846. The third-order valence-electron chi connectivity index (χ3n) is 3.46.